The lowest BCUT2D eigenvalue weighted by atomic mass is 9.64. The molecule has 1 aliphatic carbocycles. The van der Waals surface area contributed by atoms with Gasteiger partial charge >= 0.3 is 0 Å². The molecule has 0 unspecified atom stereocenters. The van der Waals surface area contributed by atoms with E-state index >= 15 is 0 Å². The van der Waals surface area contributed by atoms with Crippen LogP contribution in [0.15, 0.2) is 16.9 Å². The Morgan fingerprint density at radius 2 is 2.39 bits per heavy atom. The van der Waals surface area contributed by atoms with Gasteiger partial charge in [-0.15, -0.1) is 0 Å². The molecule has 1 saturated heterocycles. The molecule has 1 aromatic heterocycles. The first-order chi connectivity index (χ1) is 8.59. The number of hydrogen-bond acceptors (Lipinski definition) is 4. The number of fused-ring (bicyclic) bond motifs is 1. The normalized spacial score (nSPS) is 39.8. The van der Waals surface area contributed by atoms with E-state index in [9.17, 15) is 10.2 Å². The number of aliphatic hydroxyl groups excluding tert-OH is 1. The van der Waals surface area contributed by atoms with Crippen molar-refractivity contribution in [2.45, 2.75) is 30.9 Å². The summed E-state index contributed by atoms with van der Waals surface area (Å²) in [5.74, 6) is 0. The average molecular weight is 317 g/mol. The van der Waals surface area contributed by atoms with Crippen molar-refractivity contribution in [2.75, 3.05) is 19.8 Å². The molecule has 2 fully saturated rings. The second-order valence-corrected chi connectivity index (χ2v) is 6.41. The van der Waals surface area contributed by atoms with E-state index in [1.54, 1.807) is 6.20 Å². The van der Waals surface area contributed by atoms with E-state index in [0.29, 0.717) is 19.6 Å². The second-order valence-electron chi connectivity index (χ2n) is 5.50. The van der Waals surface area contributed by atoms with Crippen LogP contribution in [0.25, 0.3) is 0 Å². The Balaban J connectivity index is 1.85. The summed E-state index contributed by atoms with van der Waals surface area (Å²) in [6.07, 6.45) is 5.93. The smallest absolute Gasteiger partial charge is 0.1000 e. The molecule has 0 bridgehead atoms. The van der Waals surface area contributed by atoms with Gasteiger partial charge in [-0.2, -0.15) is 5.10 Å². The van der Waals surface area contributed by atoms with Gasteiger partial charge in [0.15, 0.2) is 0 Å². The van der Waals surface area contributed by atoms with Crippen LogP contribution < -0.4 is 0 Å². The molecule has 3 rings (SSSR count). The highest BCUT2D eigenvalue weighted by Gasteiger charge is 2.58. The van der Waals surface area contributed by atoms with Crippen LogP contribution in [0.3, 0.4) is 0 Å². The second kappa shape index (κ2) is 4.30. The number of aromatic nitrogens is 2. The number of aliphatic hydroxyl groups is 2. The Labute approximate surface area is 114 Å². The third-order valence-electron chi connectivity index (χ3n) is 4.48. The molecule has 2 heterocycles. The molecule has 0 radical (unpaired) electrons. The van der Waals surface area contributed by atoms with Crippen molar-refractivity contribution in [3.63, 3.8) is 0 Å². The fraction of sp³-hybridized carbons (Fsp3) is 0.750. The zero-order chi connectivity index (χ0) is 12.8. The number of hydrogen-bond donors (Lipinski definition) is 2. The van der Waals surface area contributed by atoms with Gasteiger partial charge in [0.25, 0.3) is 0 Å². The fourth-order valence-corrected chi connectivity index (χ4v) is 3.53. The van der Waals surface area contributed by atoms with Gasteiger partial charge in [-0.1, -0.05) is 0 Å². The lowest BCUT2D eigenvalue weighted by Gasteiger charge is -2.45. The van der Waals surface area contributed by atoms with Crippen LogP contribution in [0.1, 0.15) is 25.3 Å². The van der Waals surface area contributed by atoms with Crippen LogP contribution >= 0.6 is 15.9 Å². The van der Waals surface area contributed by atoms with Gasteiger partial charge in [0.1, 0.15) is 0 Å². The van der Waals surface area contributed by atoms with Crippen LogP contribution in [0.5, 0.6) is 0 Å². The number of ether oxygens (including phenoxy) is 1. The van der Waals surface area contributed by atoms with Gasteiger partial charge in [0.2, 0.25) is 0 Å². The maximum absolute atomic E-state index is 10.8. The molecule has 0 aromatic carbocycles. The molecule has 5 nitrogen and oxygen atoms in total. The lowest BCUT2D eigenvalue weighted by Crippen LogP contribution is -2.54. The summed E-state index contributed by atoms with van der Waals surface area (Å²) >= 11 is 3.38. The lowest BCUT2D eigenvalue weighted by molar-refractivity contribution is -0.114. The first-order valence-corrected chi connectivity index (χ1v) is 6.99. The van der Waals surface area contributed by atoms with E-state index in [4.69, 9.17) is 4.74 Å². The van der Waals surface area contributed by atoms with Gasteiger partial charge in [-0.3, -0.25) is 4.68 Å². The highest BCUT2D eigenvalue weighted by Crippen LogP contribution is 2.51. The molecule has 100 valence electrons. The van der Waals surface area contributed by atoms with Gasteiger partial charge in [-0.25, -0.2) is 0 Å². The minimum Gasteiger partial charge on any atom is -0.396 e. The van der Waals surface area contributed by atoms with Gasteiger partial charge in [0, 0.05) is 18.0 Å². The summed E-state index contributed by atoms with van der Waals surface area (Å²) in [5.41, 5.74) is -1.41. The Kier molecular flexibility index (Phi) is 3.01. The minimum absolute atomic E-state index is 0.0149. The third-order valence-corrected chi connectivity index (χ3v) is 4.89. The molecule has 0 amide bonds. The summed E-state index contributed by atoms with van der Waals surface area (Å²) in [6, 6.07) is 0.169. The number of nitrogens with zero attached hydrogens (tertiary/aromatic N) is 2. The molecule has 1 aliphatic heterocycles. The maximum atomic E-state index is 10.8. The van der Waals surface area contributed by atoms with Gasteiger partial charge in [-0.05, 0) is 28.8 Å². The molecular formula is C12H17BrN2O3. The number of halogens is 1. The van der Waals surface area contributed by atoms with E-state index in [1.807, 2.05) is 10.9 Å². The van der Waals surface area contributed by atoms with Crippen molar-refractivity contribution >= 4 is 15.9 Å². The van der Waals surface area contributed by atoms with Crippen molar-refractivity contribution in [1.82, 2.24) is 9.78 Å². The molecular weight excluding hydrogens is 300 g/mol. The van der Waals surface area contributed by atoms with Crippen molar-refractivity contribution < 1.29 is 14.9 Å². The predicted octanol–water partition coefficient (Wildman–Crippen LogP) is 1.11. The van der Waals surface area contributed by atoms with Crippen LogP contribution in [-0.4, -0.2) is 45.4 Å². The molecule has 1 saturated carbocycles. The zero-order valence-corrected chi connectivity index (χ0v) is 11.6. The first-order valence-electron chi connectivity index (χ1n) is 6.19. The predicted molar refractivity (Wildman–Crippen MR) is 68.1 cm³/mol. The standard InChI is InChI=1S/C12H17BrN2O3/c13-9-4-14-15(5-9)10-1-2-11(6-16)7-18-8-12(11,17)3-10/h4-5,10,16-17H,1-3,6-8H2/t10-,11-,12+/m1/s1. The topological polar surface area (TPSA) is 67.5 Å². The molecule has 2 N–H and O–H groups in total. The van der Waals surface area contributed by atoms with Crippen LogP contribution in [0.4, 0.5) is 0 Å². The summed E-state index contributed by atoms with van der Waals surface area (Å²) in [7, 11) is 0. The molecule has 6 heteroatoms. The SMILES string of the molecule is OC[C@@]12CC[C@@H](n3cc(Br)cn3)C[C@]1(O)COC2. The largest absolute Gasteiger partial charge is 0.396 e. The molecule has 1 aromatic rings. The Hall–Kier alpha value is -0.430. The van der Waals surface area contributed by atoms with E-state index in [-0.39, 0.29) is 12.6 Å². The minimum atomic E-state index is -0.927. The Morgan fingerprint density at radius 3 is 3.06 bits per heavy atom. The van der Waals surface area contributed by atoms with E-state index < -0.39 is 11.0 Å². The van der Waals surface area contributed by atoms with E-state index in [0.717, 1.165) is 17.3 Å². The number of rotatable bonds is 2. The maximum Gasteiger partial charge on any atom is 0.1000 e. The van der Waals surface area contributed by atoms with Crippen molar-refractivity contribution in [2.24, 2.45) is 5.41 Å². The zero-order valence-electron chi connectivity index (χ0n) is 10.0. The monoisotopic (exact) mass is 316 g/mol. The van der Waals surface area contributed by atoms with Crippen molar-refractivity contribution in [1.29, 1.82) is 0 Å². The fourth-order valence-electron chi connectivity index (χ4n) is 3.23. The summed E-state index contributed by atoms with van der Waals surface area (Å²) < 4.78 is 8.26. The Morgan fingerprint density at radius 1 is 1.56 bits per heavy atom. The van der Waals surface area contributed by atoms with E-state index in [1.165, 1.54) is 0 Å². The molecule has 2 aliphatic rings. The van der Waals surface area contributed by atoms with Crippen molar-refractivity contribution in [3.8, 4) is 0 Å². The average Bonchev–Trinajstić information content (AvgIpc) is 2.91. The van der Waals surface area contributed by atoms with E-state index in [2.05, 4.69) is 21.0 Å². The summed E-state index contributed by atoms with van der Waals surface area (Å²) in [4.78, 5) is 0. The summed E-state index contributed by atoms with van der Waals surface area (Å²) in [6.45, 7) is 0.751. The first kappa shape index (κ1) is 12.6. The molecule has 0 spiro atoms. The van der Waals surface area contributed by atoms with Crippen LogP contribution in [0.2, 0.25) is 0 Å². The van der Waals surface area contributed by atoms with Gasteiger partial charge in [0.05, 0.1) is 42.1 Å². The highest BCUT2D eigenvalue weighted by molar-refractivity contribution is 9.10. The Bertz CT molecular complexity index is 452. The molecule has 18 heavy (non-hydrogen) atoms. The molecule has 3 atom stereocenters. The van der Waals surface area contributed by atoms with Crippen LogP contribution in [0, 0.1) is 5.41 Å². The highest BCUT2D eigenvalue weighted by atomic mass is 79.9. The summed E-state index contributed by atoms with van der Waals surface area (Å²) in [5, 5.41) is 24.7. The third kappa shape index (κ3) is 1.74. The van der Waals surface area contributed by atoms with Gasteiger partial charge < -0.3 is 14.9 Å². The van der Waals surface area contributed by atoms with Crippen molar-refractivity contribution in [3.05, 3.63) is 16.9 Å². The van der Waals surface area contributed by atoms with Crippen LogP contribution in [-0.2, 0) is 4.74 Å². The quantitative estimate of drug-likeness (QED) is 0.857.